The maximum atomic E-state index is 14.1. The molecule has 0 aromatic heterocycles. The predicted octanol–water partition coefficient (Wildman–Crippen LogP) is 2.11. The number of unbranched alkanes of at least 4 members (excludes halogenated alkanes) is 1. The van der Waals surface area contributed by atoms with Crippen LogP contribution < -0.4 is 21.3 Å². The van der Waals surface area contributed by atoms with Crippen molar-refractivity contribution in [1.82, 2.24) is 31.3 Å². The minimum Gasteiger partial charge on any atom is -0.459 e. The second-order valence-corrected chi connectivity index (χ2v) is 12.8. The maximum absolute atomic E-state index is 14.1. The number of esters is 1. The number of hydrogen-bond donors (Lipinski definition) is 4. The maximum Gasteiger partial charge on any atom is 0.407 e. The summed E-state index contributed by atoms with van der Waals surface area (Å²) in [6.45, 7) is 9.90. The van der Waals surface area contributed by atoms with Crippen LogP contribution in [-0.4, -0.2) is 97.3 Å². The highest BCUT2D eigenvalue weighted by molar-refractivity contribution is 6.11. The van der Waals surface area contributed by atoms with Crippen LogP contribution in [0.3, 0.4) is 0 Å². The van der Waals surface area contributed by atoms with Gasteiger partial charge in [0.05, 0.1) is 12.6 Å². The highest BCUT2D eigenvalue weighted by Gasteiger charge is 2.57. The number of nitrogens with one attached hydrogen (secondary N) is 4. The normalized spacial score (nSPS) is 16.1. The summed E-state index contributed by atoms with van der Waals surface area (Å²) in [4.78, 5) is 66.5. The van der Waals surface area contributed by atoms with E-state index in [4.69, 9.17) is 9.47 Å². The second kappa shape index (κ2) is 17.7. The molecule has 1 aromatic rings. The van der Waals surface area contributed by atoms with Gasteiger partial charge in [0.2, 0.25) is 11.4 Å². The van der Waals surface area contributed by atoms with Crippen LogP contribution in [0.2, 0.25) is 0 Å². The van der Waals surface area contributed by atoms with Gasteiger partial charge in [0.1, 0.15) is 12.2 Å². The Labute approximate surface area is 267 Å². The Balaban J connectivity index is 2.15. The van der Waals surface area contributed by atoms with Gasteiger partial charge in [-0.2, -0.15) is 0 Å². The summed E-state index contributed by atoms with van der Waals surface area (Å²) in [7, 11) is 3.20. The van der Waals surface area contributed by atoms with Crippen LogP contribution in [0.25, 0.3) is 0 Å². The number of rotatable bonds is 16. The van der Waals surface area contributed by atoms with Crippen LogP contribution in [0.5, 0.6) is 0 Å². The van der Waals surface area contributed by atoms with Gasteiger partial charge in [0, 0.05) is 27.2 Å². The fourth-order valence-electron chi connectivity index (χ4n) is 5.09. The number of carbonyl (C=O) groups is 5. The number of amides is 4. The van der Waals surface area contributed by atoms with E-state index in [2.05, 4.69) is 21.3 Å². The first-order valence-electron chi connectivity index (χ1n) is 15.6. The van der Waals surface area contributed by atoms with Gasteiger partial charge in [0.25, 0.3) is 11.8 Å². The van der Waals surface area contributed by atoms with Crippen molar-refractivity contribution >= 4 is 29.8 Å². The smallest absolute Gasteiger partial charge is 0.407 e. The van der Waals surface area contributed by atoms with Gasteiger partial charge in [-0.05, 0) is 70.9 Å². The van der Waals surface area contributed by atoms with E-state index in [1.807, 2.05) is 32.0 Å². The van der Waals surface area contributed by atoms with Crippen LogP contribution in [0.4, 0.5) is 4.79 Å². The molecular weight excluding hydrogens is 580 g/mol. The minimum absolute atomic E-state index is 0.0324. The van der Waals surface area contributed by atoms with Crippen molar-refractivity contribution in [3.05, 3.63) is 35.9 Å². The average Bonchev–Trinajstić information content (AvgIpc) is 3.50. The first kappa shape index (κ1) is 37.5. The molecule has 1 aliphatic rings. The third kappa shape index (κ3) is 12.0. The van der Waals surface area contributed by atoms with Crippen LogP contribution in [0.1, 0.15) is 72.3 Å². The van der Waals surface area contributed by atoms with E-state index < -0.39 is 53.5 Å². The average molecular weight is 633 g/mol. The van der Waals surface area contributed by atoms with E-state index in [-0.39, 0.29) is 18.9 Å². The molecule has 0 saturated carbocycles. The van der Waals surface area contributed by atoms with Gasteiger partial charge in [-0.3, -0.25) is 14.4 Å². The lowest BCUT2D eigenvalue weighted by molar-refractivity contribution is -0.189. The fourth-order valence-corrected chi connectivity index (χ4v) is 5.09. The molecule has 13 heteroatoms. The Kier molecular flexibility index (Phi) is 14.7. The van der Waals surface area contributed by atoms with Gasteiger partial charge in [0.15, 0.2) is 0 Å². The standard InChI is InChI=1S/C32H52N6O7/c1-23(2)20-32(29(42)44-22-24-14-9-8-10-15-24,38(37(6)7)27(40)25-16-13-19-33-25)28(41)36-21-26(39)34-17-11-12-18-35-30(43)45-31(3,4)5/h8-10,14-15,23,25,33H,11-13,16-22H2,1-7H3,(H,34,39)(H,35,43)(H,36,41)/t25-,32-/m0/s1. The summed E-state index contributed by atoms with van der Waals surface area (Å²) >= 11 is 0. The summed E-state index contributed by atoms with van der Waals surface area (Å²) in [6, 6.07) is 8.50. The van der Waals surface area contributed by atoms with Crippen molar-refractivity contribution in [3.8, 4) is 0 Å². The van der Waals surface area contributed by atoms with Gasteiger partial charge < -0.3 is 30.7 Å². The summed E-state index contributed by atoms with van der Waals surface area (Å²) in [5, 5.41) is 13.8. The summed E-state index contributed by atoms with van der Waals surface area (Å²) in [5.74, 6) is -2.76. The molecular formula is C32H52N6O7. The Morgan fingerprint density at radius 2 is 1.62 bits per heavy atom. The Morgan fingerprint density at radius 1 is 0.978 bits per heavy atom. The number of ether oxygens (including phenoxy) is 2. The third-order valence-corrected chi connectivity index (χ3v) is 6.96. The van der Waals surface area contributed by atoms with Crippen molar-refractivity contribution in [2.75, 3.05) is 40.3 Å². The predicted molar refractivity (Wildman–Crippen MR) is 169 cm³/mol. The highest BCUT2D eigenvalue weighted by Crippen LogP contribution is 2.30. The molecule has 4 amide bonds. The first-order chi connectivity index (χ1) is 21.2. The van der Waals surface area contributed by atoms with E-state index in [9.17, 15) is 24.0 Å². The Morgan fingerprint density at radius 3 is 2.18 bits per heavy atom. The molecule has 1 fully saturated rings. The first-order valence-corrected chi connectivity index (χ1v) is 15.6. The van der Waals surface area contributed by atoms with E-state index in [1.54, 1.807) is 47.0 Å². The molecule has 13 nitrogen and oxygen atoms in total. The van der Waals surface area contributed by atoms with Crippen molar-refractivity contribution in [3.63, 3.8) is 0 Å². The fraction of sp³-hybridized carbons (Fsp3) is 0.656. The molecule has 0 unspecified atom stereocenters. The molecule has 0 radical (unpaired) electrons. The van der Waals surface area contributed by atoms with Crippen molar-refractivity contribution in [2.24, 2.45) is 5.92 Å². The van der Waals surface area contributed by atoms with Crippen LogP contribution >= 0.6 is 0 Å². The lowest BCUT2D eigenvalue weighted by Gasteiger charge is -2.45. The van der Waals surface area contributed by atoms with E-state index in [0.29, 0.717) is 38.9 Å². The van der Waals surface area contributed by atoms with Crippen LogP contribution in [-0.2, 0) is 35.3 Å². The molecule has 1 heterocycles. The monoisotopic (exact) mass is 632 g/mol. The molecule has 0 bridgehead atoms. The Hall–Kier alpha value is -3.71. The van der Waals surface area contributed by atoms with Crippen molar-refractivity contribution < 1.29 is 33.4 Å². The number of nitrogens with zero attached hydrogens (tertiary/aromatic N) is 2. The molecule has 2 atom stereocenters. The summed E-state index contributed by atoms with van der Waals surface area (Å²) < 4.78 is 10.9. The lowest BCUT2D eigenvalue weighted by Crippen LogP contribution is -2.71. The van der Waals surface area contributed by atoms with E-state index in [0.717, 1.165) is 12.0 Å². The SMILES string of the molecule is CC(C)C[C@](C(=O)NCC(=O)NCCCCNC(=O)OC(C)(C)C)(C(=O)OCc1ccccc1)N(C(=O)[C@@H]1CCCN1)N(C)C. The zero-order valence-electron chi connectivity index (χ0n) is 27.9. The van der Waals surface area contributed by atoms with Gasteiger partial charge in [-0.15, -0.1) is 0 Å². The van der Waals surface area contributed by atoms with E-state index in [1.165, 1.54) is 10.0 Å². The number of benzene rings is 1. The summed E-state index contributed by atoms with van der Waals surface area (Å²) in [6.07, 6.45) is 2.00. The van der Waals surface area contributed by atoms with Crippen molar-refractivity contribution in [2.45, 2.75) is 90.5 Å². The molecule has 45 heavy (non-hydrogen) atoms. The van der Waals surface area contributed by atoms with Gasteiger partial charge in [-0.1, -0.05) is 44.2 Å². The second-order valence-electron chi connectivity index (χ2n) is 12.8. The molecule has 0 spiro atoms. The quantitative estimate of drug-likeness (QED) is 0.0927. The molecule has 2 rings (SSSR count). The third-order valence-electron chi connectivity index (χ3n) is 6.96. The highest BCUT2D eigenvalue weighted by atomic mass is 16.6. The van der Waals surface area contributed by atoms with Crippen molar-refractivity contribution in [1.29, 1.82) is 0 Å². The number of hydrazine groups is 1. The minimum atomic E-state index is -2.07. The molecule has 1 aliphatic heterocycles. The molecule has 1 aromatic carbocycles. The Bertz CT molecular complexity index is 1130. The van der Waals surface area contributed by atoms with Crippen LogP contribution in [0.15, 0.2) is 30.3 Å². The van der Waals surface area contributed by atoms with E-state index >= 15 is 0 Å². The molecule has 0 aliphatic carbocycles. The molecule has 4 N–H and O–H groups in total. The molecule has 252 valence electrons. The summed E-state index contributed by atoms with van der Waals surface area (Å²) in [5.41, 5.74) is -1.93. The van der Waals surface area contributed by atoms with Gasteiger partial charge >= 0.3 is 12.1 Å². The van der Waals surface area contributed by atoms with Crippen LogP contribution in [0, 0.1) is 5.92 Å². The molecule has 1 saturated heterocycles. The zero-order chi connectivity index (χ0) is 33.6. The number of hydrogen-bond acceptors (Lipinski definition) is 9. The lowest BCUT2D eigenvalue weighted by atomic mass is 9.86. The largest absolute Gasteiger partial charge is 0.459 e. The van der Waals surface area contributed by atoms with Gasteiger partial charge in [-0.25, -0.2) is 19.6 Å². The zero-order valence-corrected chi connectivity index (χ0v) is 27.9. The topological polar surface area (TPSA) is 158 Å². The number of carbonyl (C=O) groups excluding carboxylic acids is 5. The number of alkyl carbamates (subject to hydrolysis) is 1.